The summed E-state index contributed by atoms with van der Waals surface area (Å²) >= 11 is 0. The van der Waals surface area contributed by atoms with E-state index in [-0.39, 0.29) is 11.7 Å². The van der Waals surface area contributed by atoms with Crippen LogP contribution in [0.5, 0.6) is 0 Å². The quantitative estimate of drug-likeness (QED) is 0.772. The number of fused-ring (bicyclic) bond motifs is 1. The van der Waals surface area contributed by atoms with Crippen molar-refractivity contribution in [3.8, 4) is 11.4 Å². The van der Waals surface area contributed by atoms with Gasteiger partial charge in [-0.3, -0.25) is 5.10 Å². The zero-order valence-electron chi connectivity index (χ0n) is 14.6. The van der Waals surface area contributed by atoms with Gasteiger partial charge >= 0.3 is 0 Å². The minimum atomic E-state index is -0.359. The van der Waals surface area contributed by atoms with E-state index in [1.165, 1.54) is 31.7 Å². The number of hydrogen-bond acceptors (Lipinski definition) is 5. The third kappa shape index (κ3) is 2.70. The monoisotopic (exact) mass is 355 g/mol. The van der Waals surface area contributed by atoms with Crippen molar-refractivity contribution in [2.45, 2.75) is 50.5 Å². The zero-order chi connectivity index (χ0) is 17.5. The summed E-state index contributed by atoms with van der Waals surface area (Å²) in [6, 6.07) is 3.84. The Hall–Kier alpha value is -2.28. The molecule has 1 N–H and O–H groups in total. The van der Waals surface area contributed by atoms with Gasteiger partial charge in [0, 0.05) is 17.3 Å². The van der Waals surface area contributed by atoms with Crippen molar-refractivity contribution in [1.29, 1.82) is 0 Å². The lowest BCUT2D eigenvalue weighted by Gasteiger charge is -2.34. The van der Waals surface area contributed by atoms with Gasteiger partial charge in [0.1, 0.15) is 5.82 Å². The fourth-order valence-electron chi connectivity index (χ4n) is 4.50. The Balaban J connectivity index is 1.36. The number of H-pyrrole nitrogens is 1. The number of aromatic amines is 1. The Labute approximate surface area is 150 Å². The summed E-state index contributed by atoms with van der Waals surface area (Å²) < 4.78 is 19.9. The van der Waals surface area contributed by atoms with Crippen LogP contribution in [0.15, 0.2) is 22.9 Å². The van der Waals surface area contributed by atoms with Crippen LogP contribution in [0.1, 0.15) is 50.3 Å². The maximum atomic E-state index is 14.4. The van der Waals surface area contributed by atoms with Crippen LogP contribution in [0, 0.1) is 5.82 Å². The van der Waals surface area contributed by atoms with E-state index in [1.54, 1.807) is 12.3 Å². The van der Waals surface area contributed by atoms with Crippen molar-refractivity contribution in [2.24, 2.45) is 0 Å². The number of nitrogens with zero attached hydrogens (tertiary/aromatic N) is 4. The highest BCUT2D eigenvalue weighted by Gasteiger charge is 2.30. The van der Waals surface area contributed by atoms with E-state index in [2.05, 4.69) is 25.2 Å². The smallest absolute Gasteiger partial charge is 0.230 e. The van der Waals surface area contributed by atoms with Gasteiger partial charge in [0.2, 0.25) is 11.7 Å². The summed E-state index contributed by atoms with van der Waals surface area (Å²) in [5, 5.41) is 11.6. The predicted octanol–water partition coefficient (Wildman–Crippen LogP) is 3.87. The third-order valence-electron chi connectivity index (χ3n) is 5.96. The molecular formula is C19H22FN5O. The molecule has 3 aromatic rings. The maximum absolute atomic E-state index is 14.4. The maximum Gasteiger partial charge on any atom is 0.230 e. The first-order valence-corrected chi connectivity index (χ1v) is 9.49. The van der Waals surface area contributed by atoms with Crippen molar-refractivity contribution in [3.63, 3.8) is 0 Å². The van der Waals surface area contributed by atoms with Gasteiger partial charge in [-0.1, -0.05) is 18.0 Å². The molecular weight excluding hydrogens is 333 g/mol. The van der Waals surface area contributed by atoms with Crippen molar-refractivity contribution >= 4 is 10.9 Å². The van der Waals surface area contributed by atoms with Crippen LogP contribution >= 0.6 is 0 Å². The molecule has 2 aliphatic rings. The standard InChI is InChI=1S/C19H22FN5O/c20-15-5-6-16-14(11-21-23-16)17(15)18-22-19(26-24-18)12-7-9-25(10-8-12)13-3-1-2-4-13/h5-6,11-13H,1-4,7-10H2,(H,21,23). The number of piperidine rings is 1. The van der Waals surface area contributed by atoms with E-state index in [0.29, 0.717) is 22.7 Å². The molecule has 0 bridgehead atoms. The Bertz CT molecular complexity index is 906. The lowest BCUT2D eigenvalue weighted by Crippen LogP contribution is -2.39. The highest BCUT2D eigenvalue weighted by Crippen LogP contribution is 2.34. The molecule has 0 radical (unpaired) electrons. The van der Waals surface area contributed by atoms with E-state index < -0.39 is 0 Å². The summed E-state index contributed by atoms with van der Waals surface area (Å²) in [6.45, 7) is 2.16. The molecule has 5 rings (SSSR count). The van der Waals surface area contributed by atoms with Crippen LogP contribution in [-0.2, 0) is 0 Å². The largest absolute Gasteiger partial charge is 0.339 e. The molecule has 2 fully saturated rings. The number of nitrogens with one attached hydrogen (secondary N) is 1. The van der Waals surface area contributed by atoms with Gasteiger partial charge in [0.25, 0.3) is 0 Å². The first-order chi connectivity index (χ1) is 12.8. The number of benzene rings is 1. The second-order valence-electron chi connectivity index (χ2n) is 7.46. The molecule has 2 aromatic heterocycles. The summed E-state index contributed by atoms with van der Waals surface area (Å²) in [5.41, 5.74) is 1.12. The van der Waals surface area contributed by atoms with Crippen LogP contribution in [0.4, 0.5) is 4.39 Å². The van der Waals surface area contributed by atoms with Crippen LogP contribution < -0.4 is 0 Å². The second kappa shape index (κ2) is 6.46. The van der Waals surface area contributed by atoms with Crippen LogP contribution in [0.25, 0.3) is 22.3 Å². The van der Waals surface area contributed by atoms with Gasteiger partial charge in [-0.2, -0.15) is 10.1 Å². The molecule has 0 spiro atoms. The molecule has 1 saturated heterocycles. The number of likely N-dealkylation sites (tertiary alicyclic amines) is 1. The van der Waals surface area contributed by atoms with Gasteiger partial charge in [-0.25, -0.2) is 4.39 Å². The van der Waals surface area contributed by atoms with E-state index in [9.17, 15) is 4.39 Å². The van der Waals surface area contributed by atoms with E-state index in [4.69, 9.17) is 4.52 Å². The topological polar surface area (TPSA) is 70.8 Å². The molecule has 0 unspecified atom stereocenters. The van der Waals surface area contributed by atoms with Gasteiger partial charge in [-0.05, 0) is 50.9 Å². The van der Waals surface area contributed by atoms with E-state index in [0.717, 1.165) is 37.5 Å². The second-order valence-corrected chi connectivity index (χ2v) is 7.46. The fourth-order valence-corrected chi connectivity index (χ4v) is 4.50. The molecule has 1 aliphatic carbocycles. The Morgan fingerprint density at radius 3 is 2.73 bits per heavy atom. The molecule has 1 aliphatic heterocycles. The fraction of sp³-hybridized carbons (Fsp3) is 0.526. The molecule has 3 heterocycles. The number of rotatable bonds is 3. The third-order valence-corrected chi connectivity index (χ3v) is 5.96. The Morgan fingerprint density at radius 1 is 1.12 bits per heavy atom. The number of hydrogen-bond donors (Lipinski definition) is 1. The van der Waals surface area contributed by atoms with Crippen molar-refractivity contribution < 1.29 is 8.91 Å². The average Bonchev–Trinajstić information content (AvgIpc) is 3.42. The lowest BCUT2D eigenvalue weighted by atomic mass is 9.95. The first-order valence-electron chi connectivity index (χ1n) is 9.49. The van der Waals surface area contributed by atoms with Crippen LogP contribution in [-0.4, -0.2) is 44.4 Å². The predicted molar refractivity (Wildman–Crippen MR) is 95.1 cm³/mol. The molecule has 26 heavy (non-hydrogen) atoms. The molecule has 136 valence electrons. The lowest BCUT2D eigenvalue weighted by molar-refractivity contribution is 0.144. The molecule has 7 heteroatoms. The molecule has 1 saturated carbocycles. The van der Waals surface area contributed by atoms with Crippen molar-refractivity contribution in [3.05, 3.63) is 30.0 Å². The number of aromatic nitrogens is 4. The highest BCUT2D eigenvalue weighted by molar-refractivity contribution is 5.92. The van der Waals surface area contributed by atoms with E-state index in [1.807, 2.05) is 0 Å². The van der Waals surface area contributed by atoms with Crippen LogP contribution in [0.2, 0.25) is 0 Å². The molecule has 0 atom stereocenters. The van der Waals surface area contributed by atoms with Gasteiger partial charge < -0.3 is 9.42 Å². The summed E-state index contributed by atoms with van der Waals surface area (Å²) in [7, 11) is 0. The normalized spacial score (nSPS) is 20.3. The number of halogens is 1. The Kier molecular flexibility index (Phi) is 3.96. The van der Waals surface area contributed by atoms with Gasteiger partial charge in [0.15, 0.2) is 0 Å². The van der Waals surface area contributed by atoms with Crippen LogP contribution in [0.3, 0.4) is 0 Å². The first kappa shape index (κ1) is 15.9. The van der Waals surface area contributed by atoms with Gasteiger partial charge in [-0.15, -0.1) is 0 Å². The van der Waals surface area contributed by atoms with Gasteiger partial charge in [0.05, 0.1) is 17.3 Å². The summed E-state index contributed by atoms with van der Waals surface area (Å²) in [6.07, 6.45) is 9.05. The molecule has 6 nitrogen and oxygen atoms in total. The van der Waals surface area contributed by atoms with Crippen molar-refractivity contribution in [2.75, 3.05) is 13.1 Å². The summed E-state index contributed by atoms with van der Waals surface area (Å²) in [5.74, 6) is 0.844. The highest BCUT2D eigenvalue weighted by atomic mass is 19.1. The van der Waals surface area contributed by atoms with Crippen molar-refractivity contribution in [1.82, 2.24) is 25.2 Å². The van der Waals surface area contributed by atoms with E-state index >= 15 is 0 Å². The zero-order valence-corrected chi connectivity index (χ0v) is 14.6. The molecule has 0 amide bonds. The molecule has 1 aromatic carbocycles. The Morgan fingerprint density at radius 2 is 1.92 bits per heavy atom. The summed E-state index contributed by atoms with van der Waals surface area (Å²) in [4.78, 5) is 7.16. The minimum absolute atomic E-state index is 0.264. The minimum Gasteiger partial charge on any atom is -0.339 e. The SMILES string of the molecule is Fc1ccc2[nH]ncc2c1-c1noc(C2CCN(C3CCCC3)CC2)n1. The average molecular weight is 355 g/mol.